The molecule has 0 unspecified atom stereocenters. The number of likely N-dealkylation sites (tertiary alicyclic amines) is 1. The molecular weight excluding hydrogens is 444 g/mol. The minimum absolute atomic E-state index is 0.0605. The van der Waals surface area contributed by atoms with Crippen LogP contribution in [0.3, 0.4) is 0 Å². The van der Waals surface area contributed by atoms with Gasteiger partial charge in [-0.15, -0.1) is 0 Å². The van der Waals surface area contributed by atoms with Crippen LogP contribution < -0.4 is 9.46 Å². The number of anilines is 1. The molecule has 150 valence electrons. The summed E-state index contributed by atoms with van der Waals surface area (Å²) < 4.78 is 33.6. The lowest BCUT2D eigenvalue weighted by Gasteiger charge is -2.29. The summed E-state index contributed by atoms with van der Waals surface area (Å²) >= 11 is 3.12. The van der Waals surface area contributed by atoms with Gasteiger partial charge in [0.25, 0.3) is 10.0 Å². The van der Waals surface area contributed by atoms with Crippen LogP contribution in [0, 0.1) is 0 Å². The van der Waals surface area contributed by atoms with Gasteiger partial charge in [0.2, 0.25) is 0 Å². The summed E-state index contributed by atoms with van der Waals surface area (Å²) in [4.78, 5) is 14.0. The molecule has 0 bridgehead atoms. The number of rotatable bonds is 7. The summed E-state index contributed by atoms with van der Waals surface area (Å²) in [6.07, 6.45) is 2.09. The number of hydrogen-bond acceptors (Lipinski definition) is 5. The summed E-state index contributed by atoms with van der Waals surface area (Å²) in [5.74, 6) is 0.612. The number of nitrogens with zero attached hydrogens (tertiary/aromatic N) is 1. The molecule has 3 rings (SSSR count). The molecule has 1 heterocycles. The smallest absolute Gasteiger partial charge is 0.261 e. The number of carbonyl (C=O) groups excluding carboxylic acids is 1. The lowest BCUT2D eigenvalue weighted by atomic mass is 10.1. The summed E-state index contributed by atoms with van der Waals surface area (Å²) in [7, 11) is -1.62. The Morgan fingerprint density at radius 3 is 2.29 bits per heavy atom. The third-order valence-corrected chi connectivity index (χ3v) is 6.59. The molecule has 1 aliphatic heterocycles. The van der Waals surface area contributed by atoms with Crippen LogP contribution in [0.2, 0.25) is 0 Å². The van der Waals surface area contributed by atoms with Crippen molar-refractivity contribution in [2.24, 2.45) is 0 Å². The van der Waals surface area contributed by atoms with E-state index in [0.29, 0.717) is 17.0 Å². The third-order valence-electron chi connectivity index (χ3n) is 4.68. The van der Waals surface area contributed by atoms with Gasteiger partial charge in [0.05, 0.1) is 10.2 Å². The van der Waals surface area contributed by atoms with E-state index in [1.807, 2.05) is 0 Å². The second-order valence-corrected chi connectivity index (χ2v) is 9.07. The van der Waals surface area contributed by atoms with Gasteiger partial charge < -0.3 is 9.64 Å². The topological polar surface area (TPSA) is 75.7 Å². The standard InChI is InChI=1S/C20H23BrN2O4S/c1-23-12-10-18(11-13-23)27-17-6-8-19(9-7-17)28(25,26)22-16-4-2-15(3-5-16)20(24)14-21/h2-9,18,22H,10-14H2,1H3. The highest BCUT2D eigenvalue weighted by Gasteiger charge is 2.19. The van der Waals surface area contributed by atoms with E-state index in [1.54, 1.807) is 36.4 Å². The molecule has 0 amide bonds. The molecule has 1 fully saturated rings. The zero-order chi connectivity index (χ0) is 20.1. The Hall–Kier alpha value is -1.90. The zero-order valence-corrected chi connectivity index (χ0v) is 18.0. The summed E-state index contributed by atoms with van der Waals surface area (Å²) in [6.45, 7) is 2.00. The third kappa shape index (κ3) is 5.33. The lowest BCUT2D eigenvalue weighted by molar-refractivity contribution is 0.102. The van der Waals surface area contributed by atoms with Gasteiger partial charge in [-0.2, -0.15) is 0 Å². The molecule has 1 N–H and O–H groups in total. The van der Waals surface area contributed by atoms with Crippen molar-refractivity contribution in [3.05, 3.63) is 54.1 Å². The summed E-state index contributed by atoms with van der Waals surface area (Å²) in [6, 6.07) is 12.8. The molecule has 28 heavy (non-hydrogen) atoms. The van der Waals surface area contributed by atoms with Crippen LogP contribution in [-0.2, 0) is 10.0 Å². The van der Waals surface area contributed by atoms with E-state index in [0.717, 1.165) is 25.9 Å². The highest BCUT2D eigenvalue weighted by Crippen LogP contribution is 2.22. The van der Waals surface area contributed by atoms with Crippen LogP contribution in [-0.4, -0.2) is 50.7 Å². The van der Waals surface area contributed by atoms with E-state index in [4.69, 9.17) is 4.74 Å². The van der Waals surface area contributed by atoms with Gasteiger partial charge >= 0.3 is 0 Å². The van der Waals surface area contributed by atoms with E-state index in [2.05, 4.69) is 32.6 Å². The molecule has 8 heteroatoms. The normalized spacial score (nSPS) is 15.9. The maximum atomic E-state index is 12.6. The fourth-order valence-corrected chi connectivity index (χ4v) is 4.39. The Morgan fingerprint density at radius 1 is 1.11 bits per heavy atom. The molecule has 2 aromatic carbocycles. The summed E-state index contributed by atoms with van der Waals surface area (Å²) in [5.41, 5.74) is 0.924. The van der Waals surface area contributed by atoms with E-state index in [1.165, 1.54) is 12.1 Å². The first-order valence-electron chi connectivity index (χ1n) is 9.05. The van der Waals surface area contributed by atoms with Crippen LogP contribution in [0.25, 0.3) is 0 Å². The van der Waals surface area contributed by atoms with Gasteiger partial charge in [-0.05, 0) is 68.4 Å². The van der Waals surface area contributed by atoms with Crippen LogP contribution in [0.1, 0.15) is 23.2 Å². The molecule has 1 aliphatic rings. The monoisotopic (exact) mass is 466 g/mol. The molecule has 6 nitrogen and oxygen atoms in total. The predicted octanol–water partition coefficient (Wildman–Crippen LogP) is 3.54. The second-order valence-electron chi connectivity index (χ2n) is 6.83. The van der Waals surface area contributed by atoms with Crippen molar-refractivity contribution in [2.75, 3.05) is 30.2 Å². The maximum absolute atomic E-state index is 12.6. The number of alkyl halides is 1. The van der Waals surface area contributed by atoms with Crippen LogP contribution in [0.4, 0.5) is 5.69 Å². The molecule has 0 atom stereocenters. The van der Waals surface area contributed by atoms with Gasteiger partial charge in [-0.3, -0.25) is 9.52 Å². The molecule has 0 aromatic heterocycles. The Morgan fingerprint density at radius 2 is 1.71 bits per heavy atom. The fourth-order valence-electron chi connectivity index (χ4n) is 3.01. The van der Waals surface area contributed by atoms with Gasteiger partial charge in [0.1, 0.15) is 11.9 Å². The number of ether oxygens (including phenoxy) is 1. The van der Waals surface area contributed by atoms with E-state index in [9.17, 15) is 13.2 Å². The molecule has 2 aromatic rings. The fraction of sp³-hybridized carbons (Fsp3) is 0.350. The van der Waals surface area contributed by atoms with Crippen LogP contribution in [0.5, 0.6) is 5.75 Å². The number of hydrogen-bond donors (Lipinski definition) is 1. The molecule has 0 spiro atoms. The van der Waals surface area contributed by atoms with Crippen molar-refractivity contribution in [1.29, 1.82) is 0 Å². The first-order chi connectivity index (χ1) is 13.4. The number of carbonyl (C=O) groups is 1. The van der Waals surface area contributed by atoms with Gasteiger partial charge in [-0.1, -0.05) is 15.9 Å². The van der Waals surface area contributed by atoms with Crippen molar-refractivity contribution in [2.45, 2.75) is 23.8 Å². The first-order valence-corrected chi connectivity index (χ1v) is 11.6. The zero-order valence-electron chi connectivity index (χ0n) is 15.6. The number of Topliss-reactive ketones (excluding diaryl/α,β-unsaturated/α-hetero) is 1. The Labute approximate surface area is 174 Å². The average molecular weight is 467 g/mol. The minimum atomic E-state index is -3.72. The Balaban J connectivity index is 1.64. The first kappa shape index (κ1) is 20.8. The minimum Gasteiger partial charge on any atom is -0.490 e. The largest absolute Gasteiger partial charge is 0.490 e. The highest BCUT2D eigenvalue weighted by molar-refractivity contribution is 9.09. The van der Waals surface area contributed by atoms with Crippen molar-refractivity contribution in [1.82, 2.24) is 4.90 Å². The van der Waals surface area contributed by atoms with Crippen molar-refractivity contribution in [3.63, 3.8) is 0 Å². The van der Waals surface area contributed by atoms with Crippen molar-refractivity contribution >= 4 is 37.4 Å². The number of benzene rings is 2. The van der Waals surface area contributed by atoms with Gasteiger partial charge in [0.15, 0.2) is 5.78 Å². The van der Waals surface area contributed by atoms with Gasteiger partial charge in [-0.25, -0.2) is 8.42 Å². The number of piperidine rings is 1. The van der Waals surface area contributed by atoms with E-state index >= 15 is 0 Å². The number of halogens is 1. The van der Waals surface area contributed by atoms with Crippen molar-refractivity contribution < 1.29 is 17.9 Å². The Kier molecular flexibility index (Phi) is 6.74. The van der Waals surface area contributed by atoms with Gasteiger partial charge in [0, 0.05) is 24.3 Å². The maximum Gasteiger partial charge on any atom is 0.261 e. The number of sulfonamides is 1. The molecule has 0 aliphatic carbocycles. The number of nitrogens with one attached hydrogen (secondary N) is 1. The Bertz CT molecular complexity index is 906. The van der Waals surface area contributed by atoms with E-state index < -0.39 is 10.0 Å². The highest BCUT2D eigenvalue weighted by atomic mass is 79.9. The van der Waals surface area contributed by atoms with Crippen molar-refractivity contribution in [3.8, 4) is 5.75 Å². The summed E-state index contributed by atoms with van der Waals surface area (Å²) in [5, 5.41) is 0.226. The quantitative estimate of drug-likeness (QED) is 0.498. The number of ketones is 1. The molecule has 1 saturated heterocycles. The average Bonchev–Trinajstić information content (AvgIpc) is 2.70. The van der Waals surface area contributed by atoms with Crippen LogP contribution in [0.15, 0.2) is 53.4 Å². The lowest BCUT2D eigenvalue weighted by Crippen LogP contribution is -2.35. The molecule has 0 radical (unpaired) electrons. The molecular formula is C20H23BrN2O4S. The SMILES string of the molecule is CN1CCC(Oc2ccc(S(=O)(=O)Nc3ccc(C(=O)CBr)cc3)cc2)CC1. The molecule has 0 saturated carbocycles. The second kappa shape index (κ2) is 9.07. The van der Waals surface area contributed by atoms with Crippen LogP contribution >= 0.6 is 15.9 Å². The van der Waals surface area contributed by atoms with E-state index in [-0.39, 0.29) is 22.1 Å². The predicted molar refractivity (Wildman–Crippen MR) is 113 cm³/mol.